The molecule has 12 aliphatic rings. The predicted molar refractivity (Wildman–Crippen MR) is 544 cm³/mol. The fourth-order valence-electron chi connectivity index (χ4n) is 21.7. The van der Waals surface area contributed by atoms with Gasteiger partial charge in [0.2, 0.25) is 23.6 Å². The van der Waals surface area contributed by atoms with E-state index in [1.807, 2.05) is 72.8 Å². The molecule has 8 saturated heterocycles. The summed E-state index contributed by atoms with van der Waals surface area (Å²) in [6, 6.07) is 54.9. The van der Waals surface area contributed by atoms with Gasteiger partial charge in [0.1, 0.15) is 73.6 Å². The maximum Gasteiger partial charge on any atom is 0.255 e. The van der Waals surface area contributed by atoms with Crippen molar-refractivity contribution in [1.82, 2.24) is 60.5 Å². The molecule has 8 aromatic carbocycles. The van der Waals surface area contributed by atoms with Crippen LogP contribution in [0.5, 0.6) is 23.0 Å². The molecule has 0 aliphatic carbocycles. The first-order valence-corrected chi connectivity index (χ1v) is 51.1. The summed E-state index contributed by atoms with van der Waals surface area (Å²) in [5.74, 6) is 4.31. The van der Waals surface area contributed by atoms with Gasteiger partial charge in [0.15, 0.2) is 0 Å². The molecule has 0 aromatic heterocycles. The van der Waals surface area contributed by atoms with E-state index >= 15 is 0 Å². The summed E-state index contributed by atoms with van der Waals surface area (Å²) in [5, 5.41) is 11.1. The summed E-state index contributed by atoms with van der Waals surface area (Å²) in [5.41, 5.74) is 18.9. The zero-order chi connectivity index (χ0) is 98.5. The van der Waals surface area contributed by atoms with Crippen LogP contribution in [0.4, 0.5) is 0 Å². The lowest BCUT2D eigenvalue weighted by Gasteiger charge is -2.36. The van der Waals surface area contributed by atoms with Crippen molar-refractivity contribution in [2.75, 3.05) is 59.5 Å². The van der Waals surface area contributed by atoms with Gasteiger partial charge in [0.05, 0.1) is 32.3 Å². The fraction of sp³-hybridized carbons (Fsp3) is 0.448. The van der Waals surface area contributed by atoms with Gasteiger partial charge in [-0.05, 0) is 258 Å². The van der Waals surface area contributed by atoms with Crippen LogP contribution >= 0.6 is 0 Å². The summed E-state index contributed by atoms with van der Waals surface area (Å²) in [6.45, 7) is 43.4. The number of hydrogen-bond acceptors (Lipinski definition) is 17. The number of nitrogens with zero attached hydrogens (tertiary/aromatic N) is 8. The topological polar surface area (TPSA) is 257 Å². The summed E-state index contributed by atoms with van der Waals surface area (Å²) in [4.78, 5) is 119. The van der Waals surface area contributed by atoms with Crippen molar-refractivity contribution in [3.05, 3.63) is 308 Å². The van der Waals surface area contributed by atoms with Crippen molar-refractivity contribution in [3.8, 4) is 23.0 Å². The van der Waals surface area contributed by atoms with E-state index in [9.17, 15) is 38.4 Å². The van der Waals surface area contributed by atoms with Gasteiger partial charge in [-0.1, -0.05) is 189 Å². The number of amides is 8. The number of methoxy groups -OCH3 is 1. The monoisotopic (exact) mass is 1910 g/mol. The van der Waals surface area contributed by atoms with Gasteiger partial charge in [-0.3, -0.25) is 58.0 Å². The number of hydrogen-bond donors (Lipinski definition) is 4. The molecule has 0 spiro atoms. The van der Waals surface area contributed by atoms with E-state index in [2.05, 4.69) is 199 Å². The number of carbonyl (C=O) groups is 8. The van der Waals surface area contributed by atoms with Crippen molar-refractivity contribution in [2.24, 2.45) is 23.2 Å². The highest BCUT2D eigenvalue weighted by molar-refractivity contribution is 6.05. The average Bonchev–Trinajstić information content (AvgIpc) is 1.64. The highest BCUT2D eigenvalue weighted by Gasteiger charge is 2.45. The third-order valence-corrected chi connectivity index (χ3v) is 30.8. The van der Waals surface area contributed by atoms with Gasteiger partial charge >= 0.3 is 0 Å². The minimum atomic E-state index is -0.471. The largest absolute Gasteiger partial charge is 0.489 e. The van der Waals surface area contributed by atoms with Crippen LogP contribution in [0.15, 0.2) is 219 Å². The van der Waals surface area contributed by atoms with Gasteiger partial charge in [-0.25, -0.2) is 0 Å². The van der Waals surface area contributed by atoms with E-state index in [4.69, 9.17) is 23.7 Å². The number of likely N-dealkylation sites (tertiary alicyclic amines) is 4. The first-order chi connectivity index (χ1) is 68.2. The normalized spacial score (nSPS) is 21.4. The number of allylic oxidation sites excluding steroid dienone is 4. The molecule has 12 heterocycles. The lowest BCUT2D eigenvalue weighted by Crippen LogP contribution is -2.49. The Bertz CT molecular complexity index is 5720. The minimum Gasteiger partial charge on any atom is -0.489 e. The molecule has 4 atom stereocenters. The number of benzene rings is 8. The predicted octanol–water partition coefficient (Wildman–Crippen LogP) is 17.8. The Morgan fingerprint density at radius 1 is 0.333 bits per heavy atom. The van der Waals surface area contributed by atoms with Crippen molar-refractivity contribution < 1.29 is 62.0 Å². The number of nitrogens with one attached hydrogen (secondary N) is 4. The Labute approximate surface area is 831 Å². The molecule has 8 amide bonds. The second kappa shape index (κ2) is 45.6. The second-order valence-corrected chi connectivity index (χ2v) is 41.5. The van der Waals surface area contributed by atoms with Crippen molar-refractivity contribution in [2.45, 2.75) is 253 Å². The van der Waals surface area contributed by atoms with Crippen LogP contribution in [-0.2, 0) is 103 Å². The van der Waals surface area contributed by atoms with Crippen LogP contribution in [0, 0.1) is 23.2 Å². The van der Waals surface area contributed by atoms with Gasteiger partial charge in [-0.15, -0.1) is 0 Å². The van der Waals surface area contributed by atoms with Crippen molar-refractivity contribution in [1.29, 1.82) is 0 Å². The van der Waals surface area contributed by atoms with Gasteiger partial charge in [-0.2, -0.15) is 0 Å². The SMILES string of the molecule is C=C1CCC(N2Cc3c(OCc4ccc(CN5CCC(C(C)C)CC5)cc4)cccc3C2=O)C(=O)N1.C=C1CCC(N2Cc3c(OCc4ccc(CN5CCC(C)(C)CC5)cc4)cccc3C2=O)C(=O)N1.C=C1CCC(N2Cc3c(OCc4ccc(CN5CCC(CC)CC5)cc4)cccc3C2=O)C(=O)N1.C=C1CCC(N2Cc3c(OCc4ccc(CN5CCC(OC)CC5)cc4)cccc3C2=O)C(=O)N1. The van der Waals surface area contributed by atoms with Crippen LogP contribution in [0.25, 0.3) is 0 Å². The Kier molecular flexibility index (Phi) is 32.3. The smallest absolute Gasteiger partial charge is 0.255 e. The summed E-state index contributed by atoms with van der Waals surface area (Å²) >= 11 is 0. The molecule has 8 aromatic rings. The molecule has 12 aliphatic heterocycles. The van der Waals surface area contributed by atoms with E-state index in [-0.39, 0.29) is 47.3 Å². The minimum absolute atomic E-state index is 0.106. The quantitative estimate of drug-likeness (QED) is 0.0373. The zero-order valence-electron chi connectivity index (χ0n) is 83.2. The first-order valence-electron chi connectivity index (χ1n) is 51.1. The maximum absolute atomic E-state index is 13.1. The Balaban J connectivity index is 0.000000130. The van der Waals surface area contributed by atoms with Crippen LogP contribution in [0.2, 0.25) is 0 Å². The van der Waals surface area contributed by atoms with E-state index in [0.717, 1.165) is 127 Å². The average molecular weight is 1910 g/mol. The Hall–Kier alpha value is -12.5. The maximum atomic E-state index is 13.1. The van der Waals surface area contributed by atoms with Gasteiger partial charge < -0.3 is 64.6 Å². The molecule has 141 heavy (non-hydrogen) atoms. The summed E-state index contributed by atoms with van der Waals surface area (Å²) < 4.78 is 30.2. The molecule has 4 unspecified atom stereocenters. The van der Waals surface area contributed by atoms with Crippen molar-refractivity contribution in [3.63, 3.8) is 0 Å². The number of piperidine rings is 8. The number of carbonyl (C=O) groups excluding carboxylic acids is 8. The summed E-state index contributed by atoms with van der Waals surface area (Å²) in [7, 11) is 1.80. The second-order valence-electron chi connectivity index (χ2n) is 41.5. The van der Waals surface area contributed by atoms with E-state index < -0.39 is 24.2 Å². The standard InChI is InChI=1S/C30H37N3O3.2C29H35N3O3.C28H33N3O4/c1-20(2)24-13-15-32(16-14-24)17-22-8-10-23(11-9-22)19-36-28-6-4-5-25-26(28)18-33(30(25)35)27-12-7-21(3)31-29(27)34;1-20-7-12-25(27(33)30-20)32-18-24-23(28(32)34)5-4-6-26(24)35-19-22-10-8-21(9-11-22)17-31-15-13-29(2,3)14-16-31;1-3-21-13-15-31(16-14-21)17-22-8-10-23(11-9-22)19-35-27-6-4-5-24-25(27)18-32(29(24)34)26-12-7-20(2)30-28(26)33;1-19-6-11-25(27(32)29-19)31-17-24-23(28(31)33)4-3-5-26(24)35-18-21-9-7-20(8-10-21)16-30-14-12-22(34-2)13-15-30/h4-6,8-11,20,24,27H,3,7,12-19H2,1-2H3,(H,31,34);4-6,8-11,25H,1,7,12-19H2,2-3H3,(H,30,33);4-6,8-11,21,26H,2-3,7,12-19H2,1H3,(H,30,33);3-5,7-10,22,25H,1,6,11-18H2,2H3,(H,29,32). The molecular weight excluding hydrogens is 1770 g/mol. The molecule has 4 N–H and O–H groups in total. The Morgan fingerprint density at radius 2 is 0.582 bits per heavy atom. The number of rotatable bonds is 27. The molecule has 25 heteroatoms. The number of ether oxygens (including phenoxy) is 5. The van der Waals surface area contributed by atoms with E-state index in [1.165, 1.54) is 93.4 Å². The van der Waals surface area contributed by atoms with Gasteiger partial charge in [0.25, 0.3) is 23.6 Å². The molecular formula is C116H140N12O13. The molecule has 0 bridgehead atoms. The van der Waals surface area contributed by atoms with E-state index in [0.29, 0.717) is 184 Å². The molecule has 0 saturated carbocycles. The molecule has 742 valence electrons. The third-order valence-electron chi connectivity index (χ3n) is 30.8. The molecule has 0 radical (unpaired) electrons. The van der Waals surface area contributed by atoms with Gasteiger partial charge in [0, 0.05) is 114 Å². The van der Waals surface area contributed by atoms with E-state index in [1.54, 1.807) is 26.7 Å². The lowest BCUT2D eigenvalue weighted by molar-refractivity contribution is -0.127. The Morgan fingerprint density at radius 3 is 0.830 bits per heavy atom. The first kappa shape index (κ1) is 100. The van der Waals surface area contributed by atoms with Crippen LogP contribution in [0.3, 0.4) is 0 Å². The molecule has 20 rings (SSSR count). The fourth-order valence-corrected chi connectivity index (χ4v) is 21.7. The molecule has 25 nitrogen and oxygen atoms in total. The third kappa shape index (κ3) is 24.6. The number of fused-ring (bicyclic) bond motifs is 4. The van der Waals surface area contributed by atoms with Crippen LogP contribution in [0.1, 0.15) is 252 Å². The highest BCUT2D eigenvalue weighted by atomic mass is 16.5. The zero-order valence-corrected chi connectivity index (χ0v) is 83.2. The van der Waals surface area contributed by atoms with Crippen LogP contribution < -0.4 is 40.2 Å². The van der Waals surface area contributed by atoms with Crippen molar-refractivity contribution >= 4 is 47.3 Å². The van der Waals surface area contributed by atoms with Crippen LogP contribution in [-0.4, -0.2) is 176 Å². The lowest BCUT2D eigenvalue weighted by atomic mass is 9.82. The summed E-state index contributed by atoms with van der Waals surface area (Å²) in [6.07, 6.45) is 16.7. The highest BCUT2D eigenvalue weighted by Crippen LogP contribution is 2.42. The molecule has 8 fully saturated rings.